The van der Waals surface area contributed by atoms with Crippen LogP contribution in [0.2, 0.25) is 0 Å². The Morgan fingerprint density at radius 2 is 1.63 bits per heavy atom. The van der Waals surface area contributed by atoms with Crippen molar-refractivity contribution in [3.63, 3.8) is 0 Å². The Balaban J connectivity index is 1.86. The van der Waals surface area contributed by atoms with Crippen LogP contribution in [0.3, 0.4) is 0 Å². The van der Waals surface area contributed by atoms with Gasteiger partial charge in [0.15, 0.2) is 0 Å². The molecule has 0 radical (unpaired) electrons. The maximum atomic E-state index is 13.6. The Labute approximate surface area is 170 Å². The van der Waals surface area contributed by atoms with Gasteiger partial charge in [0.1, 0.15) is 23.1 Å². The van der Waals surface area contributed by atoms with E-state index in [0.29, 0.717) is 5.75 Å². The van der Waals surface area contributed by atoms with Gasteiger partial charge in [0.05, 0.1) is 5.56 Å². The van der Waals surface area contributed by atoms with Gasteiger partial charge in [0.2, 0.25) is 0 Å². The average molecular weight is 410 g/mol. The summed E-state index contributed by atoms with van der Waals surface area (Å²) in [5.74, 6) is -1.76. The molecule has 0 atom stereocenters. The predicted molar refractivity (Wildman–Crippen MR) is 106 cm³/mol. The van der Waals surface area contributed by atoms with E-state index in [4.69, 9.17) is 9.94 Å². The lowest BCUT2D eigenvalue weighted by molar-refractivity contribution is -0.124. The molecule has 8 heteroatoms. The minimum Gasteiger partial charge on any atom is -0.457 e. The van der Waals surface area contributed by atoms with E-state index in [1.807, 2.05) is 0 Å². The van der Waals surface area contributed by atoms with Gasteiger partial charge in [-0.25, -0.2) is 14.3 Å². The summed E-state index contributed by atoms with van der Waals surface area (Å²) in [5, 5.41) is 11.2. The van der Waals surface area contributed by atoms with Crippen molar-refractivity contribution in [3.05, 3.63) is 95.6 Å². The first-order chi connectivity index (χ1) is 14.5. The van der Waals surface area contributed by atoms with Crippen LogP contribution >= 0.6 is 0 Å². The van der Waals surface area contributed by atoms with Crippen molar-refractivity contribution in [2.45, 2.75) is 0 Å². The summed E-state index contributed by atoms with van der Waals surface area (Å²) >= 11 is 0. The first-order valence-corrected chi connectivity index (χ1v) is 8.72. The number of benzene rings is 3. The maximum absolute atomic E-state index is 13.6. The predicted octanol–water partition coefficient (Wildman–Crippen LogP) is 4.53. The zero-order valence-electron chi connectivity index (χ0n) is 15.4. The molecular formula is C22H16F2N2O4. The zero-order chi connectivity index (χ0) is 21.5. The minimum atomic E-state index is -0.811. The number of ether oxygens (including phenoxy) is 1. The third-order valence-electron chi connectivity index (χ3n) is 3.96. The van der Waals surface area contributed by atoms with E-state index in [0.717, 1.165) is 18.2 Å². The summed E-state index contributed by atoms with van der Waals surface area (Å²) in [7, 11) is 0. The van der Waals surface area contributed by atoms with Crippen molar-refractivity contribution in [1.82, 2.24) is 5.48 Å². The number of hydrogen-bond donors (Lipinski definition) is 3. The standard InChI is InChI=1S/C22H16F2N2O4/c23-15-6-9-17(10-7-15)30-20-4-2-1-3-18(20)22(28)25-19-11-8-16(24)13-14(19)5-12-21(27)26-29/h1-13,29H,(H,25,28)(H,26,27)/b12-5+. The summed E-state index contributed by atoms with van der Waals surface area (Å²) in [6.07, 6.45) is 2.22. The fourth-order valence-corrected chi connectivity index (χ4v) is 2.55. The lowest BCUT2D eigenvalue weighted by Gasteiger charge is -2.13. The maximum Gasteiger partial charge on any atom is 0.267 e. The van der Waals surface area contributed by atoms with Gasteiger partial charge >= 0.3 is 0 Å². The molecule has 3 aromatic rings. The summed E-state index contributed by atoms with van der Waals surface area (Å²) < 4.78 is 32.4. The van der Waals surface area contributed by atoms with E-state index < -0.39 is 23.4 Å². The number of carbonyl (C=O) groups is 2. The van der Waals surface area contributed by atoms with Gasteiger partial charge in [-0.1, -0.05) is 12.1 Å². The SMILES string of the molecule is O=C(/C=C/c1cc(F)ccc1NC(=O)c1ccccc1Oc1ccc(F)cc1)NO. The van der Waals surface area contributed by atoms with E-state index in [9.17, 15) is 18.4 Å². The molecule has 0 fully saturated rings. The molecule has 0 aromatic heterocycles. The lowest BCUT2D eigenvalue weighted by Crippen LogP contribution is -2.15. The van der Waals surface area contributed by atoms with Crippen LogP contribution in [0.1, 0.15) is 15.9 Å². The van der Waals surface area contributed by atoms with E-state index >= 15 is 0 Å². The summed E-state index contributed by atoms with van der Waals surface area (Å²) in [5.41, 5.74) is 2.06. The van der Waals surface area contributed by atoms with Crippen molar-refractivity contribution >= 4 is 23.6 Å². The molecule has 0 aliphatic rings. The second-order valence-electron chi connectivity index (χ2n) is 6.05. The molecule has 6 nitrogen and oxygen atoms in total. The lowest BCUT2D eigenvalue weighted by atomic mass is 10.1. The molecule has 0 bridgehead atoms. The van der Waals surface area contributed by atoms with Crippen molar-refractivity contribution in [3.8, 4) is 11.5 Å². The number of carbonyl (C=O) groups excluding carboxylic acids is 2. The summed E-state index contributed by atoms with van der Waals surface area (Å²) in [6, 6.07) is 15.4. The first-order valence-electron chi connectivity index (χ1n) is 8.72. The molecule has 0 aliphatic heterocycles. The highest BCUT2D eigenvalue weighted by Crippen LogP contribution is 2.27. The van der Waals surface area contributed by atoms with Crippen molar-refractivity contribution in [1.29, 1.82) is 0 Å². The molecule has 0 unspecified atom stereocenters. The van der Waals surface area contributed by atoms with Crippen LogP contribution in [-0.2, 0) is 4.79 Å². The smallest absolute Gasteiger partial charge is 0.267 e. The average Bonchev–Trinajstić information content (AvgIpc) is 2.75. The molecule has 3 N–H and O–H groups in total. The highest BCUT2D eigenvalue weighted by atomic mass is 19.1. The Bertz CT molecular complexity index is 1100. The largest absolute Gasteiger partial charge is 0.457 e. The Morgan fingerprint density at radius 1 is 0.933 bits per heavy atom. The molecule has 0 heterocycles. The van der Waals surface area contributed by atoms with Crippen molar-refractivity contribution in [2.24, 2.45) is 0 Å². The third kappa shape index (κ3) is 5.27. The normalized spacial score (nSPS) is 10.6. The third-order valence-corrected chi connectivity index (χ3v) is 3.96. The van der Waals surface area contributed by atoms with Crippen LogP contribution in [-0.4, -0.2) is 17.0 Å². The Hall–Kier alpha value is -4.04. The van der Waals surface area contributed by atoms with E-state index in [-0.39, 0.29) is 22.6 Å². The number of nitrogens with one attached hydrogen (secondary N) is 2. The molecule has 3 aromatic carbocycles. The molecule has 2 amide bonds. The fourth-order valence-electron chi connectivity index (χ4n) is 2.55. The van der Waals surface area contributed by atoms with E-state index in [1.165, 1.54) is 48.0 Å². The molecule has 0 saturated carbocycles. The molecular weight excluding hydrogens is 394 g/mol. The van der Waals surface area contributed by atoms with Crippen LogP contribution in [0.5, 0.6) is 11.5 Å². The van der Waals surface area contributed by atoms with Crippen molar-refractivity contribution < 1.29 is 28.3 Å². The highest BCUT2D eigenvalue weighted by Gasteiger charge is 2.15. The molecule has 0 spiro atoms. The first kappa shape index (κ1) is 20.7. The van der Waals surface area contributed by atoms with Gasteiger partial charge in [-0.15, -0.1) is 0 Å². The van der Waals surface area contributed by atoms with Gasteiger partial charge < -0.3 is 10.1 Å². The summed E-state index contributed by atoms with van der Waals surface area (Å²) in [4.78, 5) is 24.0. The van der Waals surface area contributed by atoms with Crippen LogP contribution in [0.25, 0.3) is 6.08 Å². The highest BCUT2D eigenvalue weighted by molar-refractivity contribution is 6.07. The number of hydrogen-bond acceptors (Lipinski definition) is 4. The molecule has 3 rings (SSSR count). The molecule has 30 heavy (non-hydrogen) atoms. The van der Waals surface area contributed by atoms with Gasteiger partial charge in [-0.05, 0) is 60.7 Å². The minimum absolute atomic E-state index is 0.189. The van der Waals surface area contributed by atoms with Crippen LogP contribution in [0.15, 0.2) is 72.8 Å². The quantitative estimate of drug-likeness (QED) is 0.317. The van der Waals surface area contributed by atoms with Gasteiger partial charge in [0, 0.05) is 17.3 Å². The fraction of sp³-hybridized carbons (Fsp3) is 0. The number of rotatable bonds is 6. The van der Waals surface area contributed by atoms with Crippen LogP contribution in [0.4, 0.5) is 14.5 Å². The number of halogens is 2. The molecule has 152 valence electrons. The zero-order valence-corrected chi connectivity index (χ0v) is 15.4. The number of para-hydroxylation sites is 1. The van der Waals surface area contributed by atoms with Gasteiger partial charge in [-0.2, -0.15) is 0 Å². The van der Waals surface area contributed by atoms with E-state index in [1.54, 1.807) is 18.2 Å². The second kappa shape index (κ2) is 9.44. The summed E-state index contributed by atoms with van der Waals surface area (Å²) in [6.45, 7) is 0. The Morgan fingerprint density at radius 3 is 2.37 bits per heavy atom. The Kier molecular flexibility index (Phi) is 6.51. The molecule has 0 saturated heterocycles. The van der Waals surface area contributed by atoms with Gasteiger partial charge in [-0.3, -0.25) is 14.8 Å². The van der Waals surface area contributed by atoms with Crippen molar-refractivity contribution in [2.75, 3.05) is 5.32 Å². The second-order valence-corrected chi connectivity index (χ2v) is 6.05. The van der Waals surface area contributed by atoms with E-state index in [2.05, 4.69) is 5.32 Å². The topological polar surface area (TPSA) is 87.7 Å². The molecule has 0 aliphatic carbocycles. The number of amides is 2. The van der Waals surface area contributed by atoms with Crippen LogP contribution < -0.4 is 15.5 Å². The monoisotopic (exact) mass is 410 g/mol. The van der Waals surface area contributed by atoms with Gasteiger partial charge in [0.25, 0.3) is 11.8 Å². The van der Waals surface area contributed by atoms with Crippen LogP contribution in [0, 0.1) is 11.6 Å². The number of anilines is 1. The number of hydroxylamine groups is 1.